The first-order valence-corrected chi connectivity index (χ1v) is 13.4. The van der Waals surface area contributed by atoms with Gasteiger partial charge in [-0.2, -0.15) is 0 Å². The van der Waals surface area contributed by atoms with Gasteiger partial charge in [0.05, 0.1) is 23.6 Å². The molecule has 2 heterocycles. The predicted molar refractivity (Wildman–Crippen MR) is 151 cm³/mol. The van der Waals surface area contributed by atoms with Crippen molar-refractivity contribution in [3.05, 3.63) is 130 Å². The molecule has 2 atom stereocenters. The first-order valence-electron chi connectivity index (χ1n) is 12.6. The molecule has 3 amide bonds. The summed E-state index contributed by atoms with van der Waals surface area (Å²) in [5, 5.41) is 0. The van der Waals surface area contributed by atoms with Gasteiger partial charge in [-0.25, -0.2) is 0 Å². The van der Waals surface area contributed by atoms with Crippen LogP contribution in [0.25, 0.3) is 0 Å². The lowest BCUT2D eigenvalue weighted by molar-refractivity contribution is -0.131. The number of hydrogen-bond acceptors (Lipinski definition) is 3. The highest BCUT2D eigenvalue weighted by atomic mass is 79.9. The van der Waals surface area contributed by atoms with Crippen LogP contribution in [0, 0.1) is 5.92 Å². The number of amides is 3. The summed E-state index contributed by atoms with van der Waals surface area (Å²) >= 11 is 3.58. The topological polar surface area (TPSA) is 57.7 Å². The van der Waals surface area contributed by atoms with Crippen LogP contribution in [-0.2, 0) is 32.8 Å². The number of carbonyl (C=O) groups excluding carboxylic acids is 3. The van der Waals surface area contributed by atoms with E-state index in [0.717, 1.165) is 26.9 Å². The highest BCUT2D eigenvalue weighted by molar-refractivity contribution is 9.10. The summed E-state index contributed by atoms with van der Waals surface area (Å²) in [4.78, 5) is 45.2. The van der Waals surface area contributed by atoms with Gasteiger partial charge in [0.1, 0.15) is 0 Å². The zero-order valence-electron chi connectivity index (χ0n) is 20.6. The molecule has 38 heavy (non-hydrogen) atoms. The first-order chi connectivity index (χ1) is 18.5. The fourth-order valence-corrected chi connectivity index (χ4v) is 6.26. The Morgan fingerprint density at radius 3 is 2.03 bits per heavy atom. The van der Waals surface area contributed by atoms with Gasteiger partial charge in [-0.3, -0.25) is 19.3 Å². The summed E-state index contributed by atoms with van der Waals surface area (Å²) in [6, 6.07) is 34.3. The van der Waals surface area contributed by atoms with Crippen LogP contribution in [0.15, 0.2) is 114 Å². The third-order valence-electron chi connectivity index (χ3n) is 7.62. The van der Waals surface area contributed by atoms with Crippen molar-refractivity contribution >= 4 is 45.0 Å². The van der Waals surface area contributed by atoms with Crippen LogP contribution in [-0.4, -0.2) is 17.7 Å². The van der Waals surface area contributed by atoms with E-state index in [2.05, 4.69) is 15.9 Å². The number of para-hydroxylation sites is 1. The number of hydrogen-bond donors (Lipinski definition) is 0. The van der Waals surface area contributed by atoms with Crippen molar-refractivity contribution < 1.29 is 14.4 Å². The van der Waals surface area contributed by atoms with Crippen molar-refractivity contribution in [2.75, 3.05) is 9.80 Å². The third kappa shape index (κ3) is 3.96. The van der Waals surface area contributed by atoms with Crippen LogP contribution in [0.5, 0.6) is 0 Å². The molecule has 0 unspecified atom stereocenters. The number of fused-ring (bicyclic) bond motifs is 1. The fraction of sp³-hybridized carbons (Fsp3) is 0.156. The maximum atomic E-state index is 14.7. The molecule has 0 spiro atoms. The van der Waals surface area contributed by atoms with E-state index in [9.17, 15) is 14.4 Å². The summed E-state index contributed by atoms with van der Waals surface area (Å²) in [5.74, 6) is -1.60. The molecular weight excluding hydrogens is 540 g/mol. The SMILES string of the molecule is O=C1C[C@H]([C@]2(Cc3ccccc3)C(=O)N(Cc3ccccc3)c3cc(Br)ccc32)C(=O)N1c1ccccc1. The molecule has 0 saturated carbocycles. The molecule has 4 aromatic rings. The minimum absolute atomic E-state index is 0.0268. The molecule has 1 saturated heterocycles. The summed E-state index contributed by atoms with van der Waals surface area (Å²) in [6.45, 7) is 0.372. The van der Waals surface area contributed by atoms with E-state index in [0.29, 0.717) is 18.7 Å². The van der Waals surface area contributed by atoms with Crippen molar-refractivity contribution in [2.45, 2.75) is 24.8 Å². The quantitative estimate of drug-likeness (QED) is 0.267. The van der Waals surface area contributed by atoms with Gasteiger partial charge in [-0.15, -0.1) is 0 Å². The molecule has 2 aliphatic heterocycles. The molecule has 0 N–H and O–H groups in total. The second-order valence-electron chi connectivity index (χ2n) is 9.83. The molecule has 0 bridgehead atoms. The van der Waals surface area contributed by atoms with E-state index in [-0.39, 0.29) is 24.1 Å². The minimum atomic E-state index is -1.22. The Balaban J connectivity index is 1.52. The average Bonchev–Trinajstić information content (AvgIpc) is 3.36. The van der Waals surface area contributed by atoms with Crippen molar-refractivity contribution in [3.8, 4) is 0 Å². The highest BCUT2D eigenvalue weighted by Gasteiger charge is 2.61. The van der Waals surface area contributed by atoms with Gasteiger partial charge in [-0.05, 0) is 47.4 Å². The molecule has 1 fully saturated rings. The standard InChI is InChI=1S/C32H25BrN2O3/c33-24-16-17-26-28(18-24)34(21-23-12-6-2-7-13-23)31(38)32(26,20-22-10-4-1-5-11-22)27-19-29(36)35(30(27)37)25-14-8-3-9-15-25/h1-18,27H,19-21H2/t27-,32+/m0/s1. The van der Waals surface area contributed by atoms with Crippen molar-refractivity contribution in [1.82, 2.24) is 0 Å². The smallest absolute Gasteiger partial charge is 0.239 e. The number of imide groups is 1. The van der Waals surface area contributed by atoms with Gasteiger partial charge < -0.3 is 4.90 Å². The molecule has 2 aliphatic rings. The van der Waals surface area contributed by atoms with E-state index in [4.69, 9.17) is 0 Å². The number of nitrogens with zero attached hydrogens (tertiary/aromatic N) is 2. The molecule has 6 heteroatoms. The lowest BCUT2D eigenvalue weighted by Crippen LogP contribution is -2.50. The second-order valence-corrected chi connectivity index (χ2v) is 10.7. The van der Waals surface area contributed by atoms with Crippen LogP contribution >= 0.6 is 15.9 Å². The molecular formula is C32H25BrN2O3. The largest absolute Gasteiger partial charge is 0.307 e. The van der Waals surface area contributed by atoms with Crippen LogP contribution in [0.1, 0.15) is 23.1 Å². The lowest BCUT2D eigenvalue weighted by Gasteiger charge is -2.33. The Morgan fingerprint density at radius 2 is 1.37 bits per heavy atom. The second kappa shape index (κ2) is 9.69. The monoisotopic (exact) mass is 564 g/mol. The Bertz CT molecular complexity index is 1520. The predicted octanol–water partition coefficient (Wildman–Crippen LogP) is 6.06. The Kier molecular flexibility index (Phi) is 6.20. The van der Waals surface area contributed by atoms with Crippen LogP contribution in [0.4, 0.5) is 11.4 Å². The van der Waals surface area contributed by atoms with E-state index >= 15 is 0 Å². The molecule has 5 nitrogen and oxygen atoms in total. The lowest BCUT2D eigenvalue weighted by atomic mass is 9.66. The van der Waals surface area contributed by atoms with Crippen LogP contribution in [0.2, 0.25) is 0 Å². The third-order valence-corrected chi connectivity index (χ3v) is 8.12. The van der Waals surface area contributed by atoms with E-state index in [1.165, 1.54) is 4.90 Å². The fourth-order valence-electron chi connectivity index (χ4n) is 5.91. The Morgan fingerprint density at radius 1 is 0.763 bits per heavy atom. The van der Waals surface area contributed by atoms with E-state index in [1.54, 1.807) is 29.2 Å². The van der Waals surface area contributed by atoms with Crippen molar-refractivity contribution in [3.63, 3.8) is 0 Å². The van der Waals surface area contributed by atoms with Gasteiger partial charge in [0, 0.05) is 16.6 Å². The number of rotatable bonds is 6. The Labute approximate surface area is 229 Å². The molecule has 0 aromatic heterocycles. The van der Waals surface area contributed by atoms with Crippen LogP contribution < -0.4 is 9.80 Å². The number of halogens is 1. The number of benzene rings is 4. The molecule has 6 rings (SSSR count). The highest BCUT2D eigenvalue weighted by Crippen LogP contribution is 2.53. The van der Waals surface area contributed by atoms with Gasteiger partial charge in [0.2, 0.25) is 17.7 Å². The molecule has 4 aromatic carbocycles. The first kappa shape index (κ1) is 24.3. The van der Waals surface area contributed by atoms with Gasteiger partial charge >= 0.3 is 0 Å². The van der Waals surface area contributed by atoms with Crippen molar-refractivity contribution in [1.29, 1.82) is 0 Å². The normalized spacial score (nSPS) is 20.8. The zero-order chi connectivity index (χ0) is 26.3. The summed E-state index contributed by atoms with van der Waals surface area (Å²) in [5.41, 5.74) is 2.79. The van der Waals surface area contributed by atoms with Gasteiger partial charge in [-0.1, -0.05) is 101 Å². The van der Waals surface area contributed by atoms with Crippen molar-refractivity contribution in [2.24, 2.45) is 5.92 Å². The van der Waals surface area contributed by atoms with E-state index in [1.807, 2.05) is 84.9 Å². The maximum absolute atomic E-state index is 14.7. The average molecular weight is 565 g/mol. The van der Waals surface area contributed by atoms with Gasteiger partial charge in [0.25, 0.3) is 0 Å². The molecule has 0 aliphatic carbocycles. The summed E-state index contributed by atoms with van der Waals surface area (Å²) in [6.07, 6.45) is 0.292. The maximum Gasteiger partial charge on any atom is 0.239 e. The van der Waals surface area contributed by atoms with Crippen LogP contribution in [0.3, 0.4) is 0 Å². The number of carbonyl (C=O) groups is 3. The zero-order valence-corrected chi connectivity index (χ0v) is 22.2. The van der Waals surface area contributed by atoms with Gasteiger partial charge in [0.15, 0.2) is 0 Å². The Hall–Kier alpha value is -4.03. The van der Waals surface area contributed by atoms with E-state index < -0.39 is 11.3 Å². The minimum Gasteiger partial charge on any atom is -0.307 e. The molecule has 0 radical (unpaired) electrons. The number of anilines is 2. The molecule has 188 valence electrons. The summed E-state index contributed by atoms with van der Waals surface area (Å²) in [7, 11) is 0. The summed E-state index contributed by atoms with van der Waals surface area (Å²) < 4.78 is 0.845.